The van der Waals surface area contributed by atoms with Gasteiger partial charge in [-0.15, -0.1) is 0 Å². The standard InChI is InChI=1S/C23H24F2N2O5/c1-4-23(12-8-5-9-13-23)32-21(28)18-14(2)26-15(3)20(27(29)30)19(18)16-10-6-7-11-17(16)31-22(24)25/h5-12,19,22,26H,4,13H2,1-3H3. The summed E-state index contributed by atoms with van der Waals surface area (Å²) in [4.78, 5) is 24.8. The predicted octanol–water partition coefficient (Wildman–Crippen LogP) is 4.97. The second kappa shape index (κ2) is 9.33. The second-order valence-corrected chi connectivity index (χ2v) is 7.58. The van der Waals surface area contributed by atoms with Gasteiger partial charge in [0.25, 0.3) is 5.70 Å². The number of alkyl halides is 2. The Morgan fingerprint density at radius 2 is 2.00 bits per heavy atom. The van der Waals surface area contributed by atoms with Gasteiger partial charge in [-0.2, -0.15) is 8.78 Å². The van der Waals surface area contributed by atoms with Gasteiger partial charge >= 0.3 is 12.6 Å². The van der Waals surface area contributed by atoms with E-state index in [1.54, 1.807) is 25.1 Å². The molecule has 0 saturated carbocycles. The normalized spacial score (nSPS) is 22.8. The van der Waals surface area contributed by atoms with E-state index in [1.165, 1.54) is 25.1 Å². The van der Waals surface area contributed by atoms with Crippen molar-refractivity contribution in [2.75, 3.05) is 0 Å². The summed E-state index contributed by atoms with van der Waals surface area (Å²) in [5.41, 5.74) is -0.631. The van der Waals surface area contributed by atoms with E-state index in [1.807, 2.05) is 19.1 Å². The van der Waals surface area contributed by atoms with Gasteiger partial charge in [-0.25, -0.2) is 4.79 Å². The van der Waals surface area contributed by atoms with Crippen molar-refractivity contribution >= 4 is 5.97 Å². The first-order valence-electron chi connectivity index (χ1n) is 10.1. The first-order valence-corrected chi connectivity index (χ1v) is 10.1. The summed E-state index contributed by atoms with van der Waals surface area (Å²) < 4.78 is 36.6. The van der Waals surface area contributed by atoms with Crippen LogP contribution in [0.25, 0.3) is 0 Å². The fourth-order valence-corrected chi connectivity index (χ4v) is 4.02. The molecule has 1 aliphatic carbocycles. The number of hydrogen-bond acceptors (Lipinski definition) is 6. The summed E-state index contributed by atoms with van der Waals surface area (Å²) in [5.74, 6) is -2.27. The highest BCUT2D eigenvalue weighted by Crippen LogP contribution is 2.43. The number of ether oxygens (including phenoxy) is 2. The molecule has 1 heterocycles. The van der Waals surface area contributed by atoms with Gasteiger partial charge in [-0.3, -0.25) is 10.1 Å². The number of allylic oxidation sites excluding steroid dienone is 5. The largest absolute Gasteiger partial charge is 0.451 e. The molecule has 0 radical (unpaired) electrons. The summed E-state index contributed by atoms with van der Waals surface area (Å²) in [5, 5.41) is 14.9. The lowest BCUT2D eigenvalue weighted by atomic mass is 9.83. The van der Waals surface area contributed by atoms with Crippen LogP contribution in [0.2, 0.25) is 0 Å². The molecule has 0 fully saturated rings. The van der Waals surface area contributed by atoms with E-state index < -0.39 is 29.0 Å². The summed E-state index contributed by atoms with van der Waals surface area (Å²) in [6, 6.07) is 5.74. The van der Waals surface area contributed by atoms with E-state index >= 15 is 0 Å². The number of nitrogens with zero attached hydrogens (tertiary/aromatic N) is 1. The third-order valence-electron chi connectivity index (χ3n) is 5.59. The van der Waals surface area contributed by atoms with E-state index in [4.69, 9.17) is 4.74 Å². The molecule has 0 aromatic heterocycles. The van der Waals surface area contributed by atoms with Gasteiger partial charge in [0, 0.05) is 17.7 Å². The Kier molecular flexibility index (Phi) is 6.76. The predicted molar refractivity (Wildman–Crippen MR) is 113 cm³/mol. The minimum absolute atomic E-state index is 0.0246. The molecule has 32 heavy (non-hydrogen) atoms. The Morgan fingerprint density at radius 3 is 2.59 bits per heavy atom. The molecule has 0 saturated heterocycles. The number of carbonyl (C=O) groups is 1. The van der Waals surface area contributed by atoms with Gasteiger partial charge in [0.1, 0.15) is 17.3 Å². The molecule has 3 rings (SSSR count). The highest BCUT2D eigenvalue weighted by atomic mass is 19.3. The van der Waals surface area contributed by atoms with Crippen molar-refractivity contribution in [3.63, 3.8) is 0 Å². The van der Waals surface area contributed by atoms with Gasteiger partial charge in [-0.1, -0.05) is 43.4 Å². The van der Waals surface area contributed by atoms with E-state index in [9.17, 15) is 23.7 Å². The minimum Gasteiger partial charge on any atom is -0.451 e. The summed E-state index contributed by atoms with van der Waals surface area (Å²) >= 11 is 0. The number of hydrogen-bond donors (Lipinski definition) is 1. The number of nitrogens with one attached hydrogen (secondary N) is 1. The number of benzene rings is 1. The highest BCUT2D eigenvalue weighted by Gasteiger charge is 2.44. The molecule has 170 valence electrons. The van der Waals surface area contributed by atoms with Crippen molar-refractivity contribution in [2.24, 2.45) is 0 Å². The molecule has 2 unspecified atom stereocenters. The van der Waals surface area contributed by atoms with Crippen molar-refractivity contribution in [1.82, 2.24) is 5.32 Å². The number of rotatable bonds is 7. The number of esters is 1. The van der Waals surface area contributed by atoms with E-state index in [2.05, 4.69) is 10.1 Å². The Morgan fingerprint density at radius 1 is 1.28 bits per heavy atom. The summed E-state index contributed by atoms with van der Waals surface area (Å²) in [6.07, 6.45) is 8.20. The molecular weight excluding hydrogens is 422 g/mol. The lowest BCUT2D eigenvalue weighted by molar-refractivity contribution is -0.431. The Labute approximate surface area is 184 Å². The molecule has 0 amide bonds. The summed E-state index contributed by atoms with van der Waals surface area (Å²) in [7, 11) is 0. The molecule has 2 atom stereocenters. The van der Waals surface area contributed by atoms with Crippen LogP contribution in [-0.4, -0.2) is 23.1 Å². The maximum Gasteiger partial charge on any atom is 0.387 e. The first-order chi connectivity index (χ1) is 15.2. The third-order valence-corrected chi connectivity index (χ3v) is 5.59. The van der Waals surface area contributed by atoms with Crippen molar-refractivity contribution in [1.29, 1.82) is 0 Å². The number of carbonyl (C=O) groups excluding carboxylic acids is 1. The van der Waals surface area contributed by atoms with Gasteiger partial charge in [0.05, 0.1) is 16.2 Å². The molecule has 2 aliphatic rings. The molecule has 7 nitrogen and oxygen atoms in total. The molecule has 1 aliphatic heterocycles. The molecule has 1 aromatic carbocycles. The van der Waals surface area contributed by atoms with Gasteiger partial charge in [-0.05, 0) is 32.4 Å². The highest BCUT2D eigenvalue weighted by molar-refractivity contribution is 5.93. The van der Waals surface area contributed by atoms with Crippen molar-refractivity contribution in [3.05, 3.63) is 86.9 Å². The van der Waals surface area contributed by atoms with Crippen LogP contribution in [0.1, 0.15) is 45.1 Å². The van der Waals surface area contributed by atoms with E-state index in [0.29, 0.717) is 18.5 Å². The van der Waals surface area contributed by atoms with Crippen molar-refractivity contribution in [3.8, 4) is 5.75 Å². The first kappa shape index (κ1) is 23.2. The molecule has 1 aromatic rings. The monoisotopic (exact) mass is 446 g/mol. The van der Waals surface area contributed by atoms with E-state index in [-0.39, 0.29) is 28.3 Å². The lowest BCUT2D eigenvalue weighted by Crippen LogP contribution is -2.37. The quantitative estimate of drug-likeness (QED) is 0.362. The van der Waals surface area contributed by atoms with Gasteiger partial charge < -0.3 is 14.8 Å². The fourth-order valence-electron chi connectivity index (χ4n) is 4.02. The average Bonchev–Trinajstić information content (AvgIpc) is 2.73. The number of halogens is 2. The zero-order chi connectivity index (χ0) is 23.5. The fraction of sp³-hybridized carbons (Fsp3) is 0.348. The SMILES string of the molecule is CCC1(OC(=O)C2=C(C)NC(C)=C([N+](=O)[O-])C2c2ccccc2OC(F)F)C=CC=CC1. The van der Waals surface area contributed by atoms with Crippen LogP contribution >= 0.6 is 0 Å². The Hall–Kier alpha value is -3.49. The van der Waals surface area contributed by atoms with Crippen LogP contribution in [0.5, 0.6) is 5.75 Å². The Bertz CT molecular complexity index is 1040. The maximum absolute atomic E-state index is 13.4. The second-order valence-electron chi connectivity index (χ2n) is 7.58. The molecule has 0 bridgehead atoms. The van der Waals surface area contributed by atoms with Gasteiger partial charge in [0.15, 0.2) is 0 Å². The average molecular weight is 446 g/mol. The minimum atomic E-state index is -3.13. The maximum atomic E-state index is 13.4. The molecular formula is C23H24F2N2O5. The number of dihydropyridines is 1. The number of nitro groups is 1. The Balaban J connectivity index is 2.12. The van der Waals surface area contributed by atoms with Crippen LogP contribution in [0.15, 0.2) is 71.2 Å². The van der Waals surface area contributed by atoms with Gasteiger partial charge in [0.2, 0.25) is 0 Å². The molecule has 1 N–H and O–H groups in total. The van der Waals surface area contributed by atoms with Crippen molar-refractivity contribution in [2.45, 2.75) is 51.7 Å². The molecule has 9 heteroatoms. The van der Waals surface area contributed by atoms with Crippen LogP contribution in [0.3, 0.4) is 0 Å². The number of para-hydroxylation sites is 1. The van der Waals surface area contributed by atoms with E-state index in [0.717, 1.165) is 0 Å². The summed E-state index contributed by atoms with van der Waals surface area (Å²) in [6.45, 7) is 1.82. The van der Waals surface area contributed by atoms with Crippen LogP contribution < -0.4 is 10.1 Å². The zero-order valence-corrected chi connectivity index (χ0v) is 17.9. The smallest absolute Gasteiger partial charge is 0.387 e. The van der Waals surface area contributed by atoms with Crippen LogP contribution in [0.4, 0.5) is 8.78 Å². The molecule has 0 spiro atoms. The van der Waals surface area contributed by atoms with Crippen LogP contribution in [-0.2, 0) is 9.53 Å². The third kappa shape index (κ3) is 4.56. The lowest BCUT2D eigenvalue weighted by Gasteiger charge is -2.33. The van der Waals surface area contributed by atoms with Crippen LogP contribution in [0, 0.1) is 10.1 Å². The zero-order valence-electron chi connectivity index (χ0n) is 17.9. The van der Waals surface area contributed by atoms with Crippen molar-refractivity contribution < 1.29 is 28.0 Å². The topological polar surface area (TPSA) is 90.7 Å².